The first kappa shape index (κ1) is 27.8. The summed E-state index contributed by atoms with van der Waals surface area (Å²) in [5.41, 5.74) is -1.20. The number of esters is 1. The molecule has 34 heavy (non-hydrogen) atoms. The third-order valence-corrected chi connectivity index (χ3v) is 5.84. The highest BCUT2D eigenvalue weighted by Gasteiger charge is 2.45. The van der Waals surface area contributed by atoms with Gasteiger partial charge in [0.2, 0.25) is 11.8 Å². The number of ether oxygens (including phenoxy) is 2. The molecule has 0 aromatic rings. The van der Waals surface area contributed by atoms with Gasteiger partial charge in [-0.25, -0.2) is 9.59 Å². The van der Waals surface area contributed by atoms with Gasteiger partial charge in [0.05, 0.1) is 19.8 Å². The molecule has 3 atom stereocenters. The number of hydrogen-bond acceptors (Lipinski definition) is 8. The van der Waals surface area contributed by atoms with Crippen LogP contribution in [0.2, 0.25) is 0 Å². The summed E-state index contributed by atoms with van der Waals surface area (Å²) in [7, 11) is 1.24. The summed E-state index contributed by atoms with van der Waals surface area (Å²) in [6.45, 7) is 12.9. The molecule has 2 N–H and O–H groups in total. The maximum Gasteiger partial charge on any atom is 0.410 e. The minimum absolute atomic E-state index is 0.00761. The number of aliphatic hydroxyl groups excluding tert-OH is 1. The lowest BCUT2D eigenvalue weighted by Gasteiger charge is -2.37. The van der Waals surface area contributed by atoms with Gasteiger partial charge in [0.25, 0.3) is 0 Å². The van der Waals surface area contributed by atoms with Gasteiger partial charge >= 0.3 is 12.1 Å². The molecule has 11 heteroatoms. The minimum Gasteiger partial charge on any atom is -0.467 e. The number of nitrogens with zero attached hydrogens (tertiary/aromatic N) is 3. The molecule has 2 heterocycles. The van der Waals surface area contributed by atoms with Gasteiger partial charge in [-0.3, -0.25) is 14.5 Å². The maximum atomic E-state index is 13.3. The van der Waals surface area contributed by atoms with Gasteiger partial charge in [-0.1, -0.05) is 20.8 Å². The Balaban J connectivity index is 1.97. The third kappa shape index (κ3) is 7.56. The molecule has 11 nitrogen and oxygen atoms in total. The number of β-amino-alcohol motifs (C(OH)–C–C–N with tert-alkyl or cyclic N) is 1. The van der Waals surface area contributed by atoms with Crippen LogP contribution in [0.1, 0.15) is 48.0 Å². The zero-order valence-electron chi connectivity index (χ0n) is 21.4. The highest BCUT2D eigenvalue weighted by molar-refractivity contribution is 5.92. The fraction of sp³-hybridized carbons (Fsp3) is 0.826. The zero-order chi connectivity index (χ0) is 25.8. The van der Waals surface area contributed by atoms with Crippen LogP contribution < -0.4 is 5.32 Å². The summed E-state index contributed by atoms with van der Waals surface area (Å²) in [5, 5.41) is 12.9. The smallest absolute Gasteiger partial charge is 0.410 e. The van der Waals surface area contributed by atoms with E-state index >= 15 is 0 Å². The molecule has 194 valence electrons. The fourth-order valence-corrected chi connectivity index (χ4v) is 4.06. The SMILES string of the molecule is COC(=O)[C@@H]1C[C@@H](O)CN1C(=O)[C@@H](NC(=O)CN1CCN(C(=O)OC(C)(C)C)CC1)C(C)(C)C. The van der Waals surface area contributed by atoms with Crippen molar-refractivity contribution in [2.45, 2.75) is 71.8 Å². The fourth-order valence-electron chi connectivity index (χ4n) is 4.06. The largest absolute Gasteiger partial charge is 0.467 e. The number of amides is 3. The zero-order valence-corrected chi connectivity index (χ0v) is 21.4. The second-order valence-corrected chi connectivity index (χ2v) is 11.0. The summed E-state index contributed by atoms with van der Waals surface area (Å²) in [6.07, 6.45) is -1.10. The van der Waals surface area contributed by atoms with Gasteiger partial charge in [0.15, 0.2) is 0 Å². The maximum absolute atomic E-state index is 13.3. The molecule has 0 saturated carbocycles. The van der Waals surface area contributed by atoms with E-state index in [9.17, 15) is 24.3 Å². The van der Waals surface area contributed by atoms with Crippen molar-refractivity contribution in [1.29, 1.82) is 0 Å². The highest BCUT2D eigenvalue weighted by atomic mass is 16.6. The second-order valence-electron chi connectivity index (χ2n) is 11.0. The first-order valence-corrected chi connectivity index (χ1v) is 11.7. The lowest BCUT2D eigenvalue weighted by atomic mass is 9.85. The summed E-state index contributed by atoms with van der Waals surface area (Å²) in [6, 6.07) is -1.77. The van der Waals surface area contributed by atoms with Crippen LogP contribution >= 0.6 is 0 Å². The molecule has 2 aliphatic rings. The van der Waals surface area contributed by atoms with Gasteiger partial charge < -0.3 is 29.7 Å². The lowest BCUT2D eigenvalue weighted by molar-refractivity contribution is -0.153. The molecule has 0 aromatic carbocycles. The average molecular weight is 485 g/mol. The molecule has 0 spiro atoms. The summed E-state index contributed by atoms with van der Waals surface area (Å²) in [5.74, 6) is -1.34. The molecule has 2 fully saturated rings. The molecule has 3 amide bonds. The van der Waals surface area contributed by atoms with Gasteiger partial charge in [-0.05, 0) is 26.2 Å². The van der Waals surface area contributed by atoms with Crippen molar-refractivity contribution >= 4 is 23.9 Å². The highest BCUT2D eigenvalue weighted by Crippen LogP contribution is 2.26. The monoisotopic (exact) mass is 484 g/mol. The van der Waals surface area contributed by atoms with E-state index in [4.69, 9.17) is 9.47 Å². The molecule has 0 unspecified atom stereocenters. The van der Waals surface area contributed by atoms with Crippen LogP contribution in [0.5, 0.6) is 0 Å². The average Bonchev–Trinajstić information content (AvgIpc) is 3.11. The standard InChI is InChI=1S/C23H40N4O7/c1-22(2,3)18(19(30)27-13-15(28)12-16(27)20(31)33-7)24-17(29)14-25-8-10-26(11-9-25)21(32)34-23(4,5)6/h15-16,18,28H,8-14H2,1-7H3,(H,24,29)/t15-,16+,18-/m1/s1. The number of carbonyl (C=O) groups excluding carboxylic acids is 4. The van der Waals surface area contributed by atoms with E-state index < -0.39 is 41.1 Å². The number of methoxy groups -OCH3 is 1. The van der Waals surface area contributed by atoms with Crippen molar-refractivity contribution in [3.63, 3.8) is 0 Å². The Morgan fingerprint density at radius 2 is 1.62 bits per heavy atom. The van der Waals surface area contributed by atoms with Crippen LogP contribution in [0.3, 0.4) is 0 Å². The van der Waals surface area contributed by atoms with Crippen LogP contribution in [0, 0.1) is 5.41 Å². The quantitative estimate of drug-likeness (QED) is 0.530. The normalized spacial score (nSPS) is 22.8. The number of likely N-dealkylation sites (tertiary alicyclic amines) is 1. The Morgan fingerprint density at radius 3 is 2.12 bits per heavy atom. The second kappa shape index (κ2) is 10.9. The number of nitrogens with one attached hydrogen (secondary N) is 1. The van der Waals surface area contributed by atoms with Crippen molar-refractivity contribution in [2.75, 3.05) is 46.4 Å². The molecule has 0 aliphatic carbocycles. The van der Waals surface area contributed by atoms with Crippen LogP contribution in [0.4, 0.5) is 4.79 Å². The van der Waals surface area contributed by atoms with Crippen LogP contribution in [0.15, 0.2) is 0 Å². The Bertz CT molecular complexity index is 766. The molecular weight excluding hydrogens is 444 g/mol. The Morgan fingerprint density at radius 1 is 1.03 bits per heavy atom. The molecule has 2 rings (SSSR count). The molecule has 2 saturated heterocycles. The number of hydrogen-bond donors (Lipinski definition) is 2. The first-order chi connectivity index (χ1) is 15.6. The molecule has 0 aromatic heterocycles. The van der Waals surface area contributed by atoms with Gasteiger partial charge in [0.1, 0.15) is 17.7 Å². The molecule has 0 radical (unpaired) electrons. The van der Waals surface area contributed by atoms with E-state index in [2.05, 4.69) is 5.32 Å². The van der Waals surface area contributed by atoms with E-state index in [1.54, 1.807) is 4.90 Å². The lowest BCUT2D eigenvalue weighted by Crippen LogP contribution is -2.59. The van der Waals surface area contributed by atoms with E-state index in [1.165, 1.54) is 12.0 Å². The van der Waals surface area contributed by atoms with Crippen LogP contribution in [0.25, 0.3) is 0 Å². The third-order valence-electron chi connectivity index (χ3n) is 5.84. The summed E-state index contributed by atoms with van der Waals surface area (Å²) in [4.78, 5) is 55.4. The van der Waals surface area contributed by atoms with E-state index in [-0.39, 0.29) is 31.5 Å². The van der Waals surface area contributed by atoms with Crippen molar-refractivity contribution in [1.82, 2.24) is 20.0 Å². The Kier molecular flexibility index (Phi) is 8.92. The predicted molar refractivity (Wildman–Crippen MR) is 124 cm³/mol. The Hall–Kier alpha value is -2.40. The number of aliphatic hydroxyl groups is 1. The van der Waals surface area contributed by atoms with Crippen molar-refractivity contribution in [3.8, 4) is 0 Å². The summed E-state index contributed by atoms with van der Waals surface area (Å²) >= 11 is 0. The molecule has 0 bridgehead atoms. The molecular formula is C23H40N4O7. The van der Waals surface area contributed by atoms with E-state index in [0.717, 1.165) is 0 Å². The minimum atomic E-state index is -0.888. The summed E-state index contributed by atoms with van der Waals surface area (Å²) < 4.78 is 10.2. The van der Waals surface area contributed by atoms with Gasteiger partial charge in [-0.15, -0.1) is 0 Å². The van der Waals surface area contributed by atoms with E-state index in [0.29, 0.717) is 26.2 Å². The topological polar surface area (TPSA) is 129 Å². The van der Waals surface area contributed by atoms with Gasteiger partial charge in [0, 0.05) is 39.1 Å². The van der Waals surface area contributed by atoms with Crippen molar-refractivity contribution in [3.05, 3.63) is 0 Å². The number of rotatable bonds is 5. The van der Waals surface area contributed by atoms with Crippen molar-refractivity contribution < 1.29 is 33.8 Å². The van der Waals surface area contributed by atoms with Crippen LogP contribution in [-0.2, 0) is 23.9 Å². The first-order valence-electron chi connectivity index (χ1n) is 11.7. The number of carbonyl (C=O) groups is 4. The van der Waals surface area contributed by atoms with E-state index in [1.807, 2.05) is 46.4 Å². The predicted octanol–water partition coefficient (Wildman–Crippen LogP) is 0.205. The van der Waals surface area contributed by atoms with Gasteiger partial charge in [-0.2, -0.15) is 0 Å². The number of piperazine rings is 1. The van der Waals surface area contributed by atoms with Crippen molar-refractivity contribution in [2.24, 2.45) is 5.41 Å². The Labute approximate surface area is 201 Å². The van der Waals surface area contributed by atoms with Crippen LogP contribution in [-0.4, -0.2) is 114 Å². The molecule has 2 aliphatic heterocycles.